The highest BCUT2D eigenvalue weighted by Crippen LogP contribution is 2.21. The highest BCUT2D eigenvalue weighted by molar-refractivity contribution is 6.13. The van der Waals surface area contributed by atoms with Crippen molar-refractivity contribution in [3.05, 3.63) is 11.3 Å². The average Bonchev–Trinajstić information content (AvgIpc) is 2.56. The first-order valence-electron chi connectivity index (χ1n) is 5.44. The minimum atomic E-state index is -0.827. The second-order valence-corrected chi connectivity index (χ2v) is 3.60. The second-order valence-electron chi connectivity index (χ2n) is 3.60. The Morgan fingerprint density at radius 3 is 2.59 bits per heavy atom. The average molecular weight is 241 g/mol. The molecule has 0 unspecified atom stereocenters. The van der Waals surface area contributed by atoms with E-state index in [4.69, 9.17) is 0 Å². The smallest absolute Gasteiger partial charge is 0.411 e. The molecular weight excluding hydrogens is 226 g/mol. The predicted octanol–water partition coefficient (Wildman–Crippen LogP) is 1.26. The summed E-state index contributed by atoms with van der Waals surface area (Å²) in [6, 6.07) is 0. The maximum atomic E-state index is 11.4. The quantitative estimate of drug-likeness (QED) is 0.445. The Morgan fingerprint density at radius 2 is 2.00 bits per heavy atom. The van der Waals surface area contributed by atoms with Crippen molar-refractivity contribution in [2.24, 2.45) is 0 Å². The summed E-state index contributed by atoms with van der Waals surface area (Å²) in [5.41, 5.74) is 0.117. The van der Waals surface area contributed by atoms with Crippen LogP contribution in [0.15, 0.2) is 11.3 Å². The molecule has 1 rings (SSSR count). The molecule has 0 fully saturated rings. The van der Waals surface area contributed by atoms with Crippen LogP contribution in [0, 0.1) is 0 Å². The molecule has 0 aromatic heterocycles. The summed E-state index contributed by atoms with van der Waals surface area (Å²) in [4.78, 5) is 33.7. The number of rotatable bonds is 5. The van der Waals surface area contributed by atoms with E-state index >= 15 is 0 Å². The van der Waals surface area contributed by atoms with Crippen molar-refractivity contribution in [2.45, 2.75) is 32.6 Å². The highest BCUT2D eigenvalue weighted by Gasteiger charge is 2.33. The van der Waals surface area contributed by atoms with Crippen LogP contribution in [0.4, 0.5) is 4.79 Å². The van der Waals surface area contributed by atoms with Crippen molar-refractivity contribution < 1.29 is 23.9 Å². The molecule has 0 saturated heterocycles. The van der Waals surface area contributed by atoms with E-state index < -0.39 is 18.0 Å². The molecule has 0 aromatic carbocycles. The number of carbonyl (C=O) groups is 3. The number of hydrogen-bond acceptors (Lipinski definition) is 5. The third kappa shape index (κ3) is 3.30. The molecule has 1 heterocycles. The molecule has 0 atom stereocenters. The molecule has 0 radical (unpaired) electrons. The number of hydrogen-bond donors (Lipinski definition) is 1. The topological polar surface area (TPSA) is 81.7 Å². The van der Waals surface area contributed by atoms with Gasteiger partial charge in [-0.3, -0.25) is 5.32 Å². The molecule has 0 saturated carbocycles. The fourth-order valence-electron chi connectivity index (χ4n) is 1.48. The van der Waals surface area contributed by atoms with Gasteiger partial charge in [-0.2, -0.15) is 0 Å². The molecule has 0 bridgehead atoms. The number of ether oxygens (including phenoxy) is 2. The van der Waals surface area contributed by atoms with Crippen molar-refractivity contribution in [2.75, 3.05) is 7.11 Å². The molecule has 1 aliphatic heterocycles. The van der Waals surface area contributed by atoms with Crippen molar-refractivity contribution in [3.63, 3.8) is 0 Å². The zero-order chi connectivity index (χ0) is 12.8. The van der Waals surface area contributed by atoms with Crippen molar-refractivity contribution in [1.82, 2.24) is 5.32 Å². The number of methoxy groups -OCH3 is 1. The van der Waals surface area contributed by atoms with E-state index in [9.17, 15) is 14.4 Å². The van der Waals surface area contributed by atoms with Crippen molar-refractivity contribution >= 4 is 18.0 Å². The standard InChI is InChI=1S/C11H15NO5/c1-3-4-5-6-7-8(12-11(15)16-2)10(14)17-9(7)13/h3-6H2,1-2H3,(H,12,15). The molecule has 6 nitrogen and oxygen atoms in total. The van der Waals surface area contributed by atoms with Crippen molar-refractivity contribution in [3.8, 4) is 0 Å². The van der Waals surface area contributed by atoms with Gasteiger partial charge in [-0.05, 0) is 12.8 Å². The molecule has 0 spiro atoms. The van der Waals surface area contributed by atoms with Crippen LogP contribution in [0.3, 0.4) is 0 Å². The summed E-state index contributed by atoms with van der Waals surface area (Å²) < 4.78 is 8.81. The van der Waals surface area contributed by atoms with Crippen LogP contribution in [0.1, 0.15) is 32.6 Å². The normalized spacial score (nSPS) is 14.9. The van der Waals surface area contributed by atoms with E-state index in [0.717, 1.165) is 19.3 Å². The molecule has 6 heteroatoms. The Morgan fingerprint density at radius 1 is 1.29 bits per heavy atom. The summed E-state index contributed by atoms with van der Waals surface area (Å²) in [7, 11) is 1.18. The molecule has 1 aliphatic rings. The summed E-state index contributed by atoms with van der Waals surface area (Å²) in [6.07, 6.45) is 2.32. The first-order valence-corrected chi connectivity index (χ1v) is 5.44. The second kappa shape index (κ2) is 6.03. The Hall–Kier alpha value is -1.85. The van der Waals surface area contributed by atoms with E-state index in [2.05, 4.69) is 14.8 Å². The van der Waals surface area contributed by atoms with Gasteiger partial charge in [0.1, 0.15) is 5.70 Å². The fraction of sp³-hybridized carbons (Fsp3) is 0.545. The van der Waals surface area contributed by atoms with E-state index in [1.807, 2.05) is 6.92 Å². The van der Waals surface area contributed by atoms with Gasteiger partial charge < -0.3 is 9.47 Å². The lowest BCUT2D eigenvalue weighted by Crippen LogP contribution is -2.26. The molecule has 0 aliphatic carbocycles. The molecular formula is C11H15NO5. The Balaban J connectivity index is 2.77. The minimum absolute atomic E-state index is 0.0991. The summed E-state index contributed by atoms with van der Waals surface area (Å²) >= 11 is 0. The summed E-state index contributed by atoms with van der Waals surface area (Å²) in [5, 5.41) is 2.21. The maximum absolute atomic E-state index is 11.4. The van der Waals surface area contributed by atoms with Crippen LogP contribution in [0.25, 0.3) is 0 Å². The Labute approximate surface area is 99.0 Å². The fourth-order valence-corrected chi connectivity index (χ4v) is 1.48. The van der Waals surface area contributed by atoms with E-state index in [-0.39, 0.29) is 11.3 Å². The Bertz CT molecular complexity index is 372. The zero-order valence-electron chi connectivity index (χ0n) is 9.87. The first kappa shape index (κ1) is 13.2. The van der Waals surface area contributed by atoms with E-state index in [1.165, 1.54) is 7.11 Å². The number of nitrogens with one attached hydrogen (secondary N) is 1. The van der Waals surface area contributed by atoms with Gasteiger partial charge >= 0.3 is 18.0 Å². The number of cyclic esters (lactones) is 2. The molecule has 1 amide bonds. The van der Waals surface area contributed by atoms with Gasteiger partial charge in [0.15, 0.2) is 0 Å². The largest absolute Gasteiger partial charge is 0.453 e. The molecule has 17 heavy (non-hydrogen) atoms. The van der Waals surface area contributed by atoms with Gasteiger partial charge in [-0.25, -0.2) is 14.4 Å². The van der Waals surface area contributed by atoms with Crippen LogP contribution < -0.4 is 5.32 Å². The van der Waals surface area contributed by atoms with Gasteiger partial charge in [0.2, 0.25) is 0 Å². The number of amides is 1. The minimum Gasteiger partial charge on any atom is -0.453 e. The third-order valence-corrected chi connectivity index (χ3v) is 2.38. The molecule has 1 N–H and O–H groups in total. The highest BCUT2D eigenvalue weighted by atomic mass is 16.6. The van der Waals surface area contributed by atoms with Crippen LogP contribution in [-0.4, -0.2) is 25.1 Å². The monoisotopic (exact) mass is 241 g/mol. The summed E-state index contributed by atoms with van der Waals surface area (Å²) in [5.74, 6) is -1.51. The number of esters is 2. The van der Waals surface area contributed by atoms with Crippen LogP contribution in [-0.2, 0) is 19.1 Å². The van der Waals surface area contributed by atoms with Gasteiger partial charge in [0, 0.05) is 0 Å². The predicted molar refractivity (Wildman–Crippen MR) is 57.8 cm³/mol. The SMILES string of the molecule is CCCCCC1=C(NC(=O)OC)C(=O)OC1=O. The van der Waals surface area contributed by atoms with Gasteiger partial charge in [0.05, 0.1) is 12.7 Å². The van der Waals surface area contributed by atoms with Gasteiger partial charge in [-0.15, -0.1) is 0 Å². The van der Waals surface area contributed by atoms with E-state index in [1.54, 1.807) is 0 Å². The molecule has 94 valence electrons. The first-order chi connectivity index (χ1) is 8.10. The van der Waals surface area contributed by atoms with Crippen molar-refractivity contribution in [1.29, 1.82) is 0 Å². The lowest BCUT2D eigenvalue weighted by Gasteiger charge is -2.03. The Kier molecular flexibility index (Phi) is 4.68. The van der Waals surface area contributed by atoms with E-state index in [0.29, 0.717) is 6.42 Å². The summed E-state index contributed by atoms with van der Waals surface area (Å²) in [6.45, 7) is 2.03. The molecule has 0 aromatic rings. The van der Waals surface area contributed by atoms with Crippen LogP contribution in [0.5, 0.6) is 0 Å². The lowest BCUT2D eigenvalue weighted by atomic mass is 10.1. The van der Waals surface area contributed by atoms with Gasteiger partial charge in [-0.1, -0.05) is 19.8 Å². The number of alkyl carbamates (subject to hydrolysis) is 1. The van der Waals surface area contributed by atoms with Gasteiger partial charge in [0.25, 0.3) is 0 Å². The van der Waals surface area contributed by atoms with Crippen LogP contribution in [0.2, 0.25) is 0 Å². The lowest BCUT2D eigenvalue weighted by molar-refractivity contribution is -0.151. The van der Waals surface area contributed by atoms with Crippen LogP contribution >= 0.6 is 0 Å². The zero-order valence-corrected chi connectivity index (χ0v) is 9.87. The third-order valence-electron chi connectivity index (χ3n) is 2.38. The number of carbonyl (C=O) groups excluding carboxylic acids is 3. The maximum Gasteiger partial charge on any atom is 0.411 e. The number of unbranched alkanes of at least 4 members (excludes halogenated alkanes) is 2.